The van der Waals surface area contributed by atoms with Crippen molar-refractivity contribution >= 4 is 11.8 Å². The molecule has 5 nitrogen and oxygen atoms in total. The predicted molar refractivity (Wildman–Crippen MR) is 61.6 cm³/mol. The second kappa shape index (κ2) is 5.03. The van der Waals surface area contributed by atoms with Crippen LogP contribution in [-0.4, -0.2) is 24.4 Å². The normalized spacial score (nSPS) is 19.8. The molecule has 1 atom stereocenters. The molecule has 2 amide bonds. The molecule has 1 unspecified atom stereocenters. The van der Waals surface area contributed by atoms with Crippen LogP contribution in [-0.2, 0) is 11.2 Å². The third-order valence-corrected chi connectivity index (χ3v) is 2.91. The summed E-state index contributed by atoms with van der Waals surface area (Å²) in [6.45, 7) is 2.44. The van der Waals surface area contributed by atoms with Crippen LogP contribution in [0.25, 0.3) is 0 Å². The topological polar surface area (TPSA) is 71.3 Å². The average Bonchev–Trinajstić information content (AvgIpc) is 2.80. The van der Waals surface area contributed by atoms with Crippen LogP contribution in [0.1, 0.15) is 35.9 Å². The molecule has 0 radical (unpaired) electrons. The molecule has 1 saturated heterocycles. The van der Waals surface area contributed by atoms with Crippen molar-refractivity contribution < 1.29 is 14.0 Å². The molecular formula is C12H16N2O3. The lowest BCUT2D eigenvalue weighted by Crippen LogP contribution is -2.47. The van der Waals surface area contributed by atoms with Gasteiger partial charge in [0.1, 0.15) is 5.76 Å². The maximum absolute atomic E-state index is 12.0. The van der Waals surface area contributed by atoms with Crippen LogP contribution in [0.4, 0.5) is 0 Å². The lowest BCUT2D eigenvalue weighted by Gasteiger charge is -2.23. The fourth-order valence-corrected chi connectivity index (χ4v) is 1.94. The van der Waals surface area contributed by atoms with Gasteiger partial charge in [-0.25, -0.2) is 0 Å². The third kappa shape index (κ3) is 2.67. The lowest BCUT2D eigenvalue weighted by atomic mass is 10.1. The maximum Gasteiger partial charge on any atom is 0.255 e. The van der Waals surface area contributed by atoms with Crippen LogP contribution in [0.3, 0.4) is 0 Å². The highest BCUT2D eigenvalue weighted by Crippen LogP contribution is 2.12. The Kier molecular flexibility index (Phi) is 3.46. The summed E-state index contributed by atoms with van der Waals surface area (Å²) in [5.74, 6) is 0.618. The van der Waals surface area contributed by atoms with Crippen molar-refractivity contribution in [3.05, 3.63) is 23.7 Å². The van der Waals surface area contributed by atoms with E-state index in [-0.39, 0.29) is 17.9 Å². The summed E-state index contributed by atoms with van der Waals surface area (Å²) < 4.78 is 5.21. The van der Waals surface area contributed by atoms with Gasteiger partial charge in [-0.05, 0) is 12.5 Å². The first-order chi connectivity index (χ1) is 8.20. The minimum absolute atomic E-state index is 0.0137. The van der Waals surface area contributed by atoms with Gasteiger partial charge < -0.3 is 15.1 Å². The number of nitrogens with one attached hydrogen (secondary N) is 2. The molecule has 0 aromatic carbocycles. The van der Waals surface area contributed by atoms with Crippen molar-refractivity contribution in [3.8, 4) is 0 Å². The molecule has 0 bridgehead atoms. The molecule has 5 heteroatoms. The highest BCUT2D eigenvalue weighted by atomic mass is 16.3. The van der Waals surface area contributed by atoms with Gasteiger partial charge in [0.15, 0.2) is 0 Å². The van der Waals surface area contributed by atoms with Crippen molar-refractivity contribution in [1.82, 2.24) is 10.6 Å². The fraction of sp³-hybridized carbons (Fsp3) is 0.500. The van der Waals surface area contributed by atoms with Gasteiger partial charge in [0.25, 0.3) is 5.91 Å². The summed E-state index contributed by atoms with van der Waals surface area (Å²) >= 11 is 0. The van der Waals surface area contributed by atoms with Crippen LogP contribution in [0.2, 0.25) is 0 Å². The largest absolute Gasteiger partial charge is 0.469 e. The van der Waals surface area contributed by atoms with Crippen molar-refractivity contribution in [2.24, 2.45) is 0 Å². The molecule has 2 rings (SSSR count). The number of hydrogen-bond donors (Lipinski definition) is 2. The predicted octanol–water partition coefficient (Wildman–Crippen LogP) is 0.850. The van der Waals surface area contributed by atoms with E-state index in [1.54, 1.807) is 6.07 Å². The number of rotatable bonds is 3. The summed E-state index contributed by atoms with van der Waals surface area (Å²) in [5.41, 5.74) is 0.587. The Morgan fingerprint density at radius 3 is 3.12 bits per heavy atom. The second-order valence-corrected chi connectivity index (χ2v) is 4.12. The summed E-state index contributed by atoms with van der Waals surface area (Å²) in [4.78, 5) is 22.9. The summed E-state index contributed by atoms with van der Waals surface area (Å²) in [6, 6.07) is 1.69. The van der Waals surface area contributed by atoms with Gasteiger partial charge in [-0.3, -0.25) is 9.59 Å². The van der Waals surface area contributed by atoms with Crippen LogP contribution in [0.5, 0.6) is 0 Å². The Morgan fingerprint density at radius 2 is 2.47 bits per heavy atom. The quantitative estimate of drug-likeness (QED) is 0.817. The van der Waals surface area contributed by atoms with E-state index >= 15 is 0 Å². The van der Waals surface area contributed by atoms with E-state index in [0.717, 1.165) is 0 Å². The molecule has 0 aliphatic carbocycles. The lowest BCUT2D eigenvalue weighted by molar-refractivity contribution is -0.122. The maximum atomic E-state index is 12.0. The van der Waals surface area contributed by atoms with E-state index in [9.17, 15) is 9.59 Å². The number of carbonyl (C=O) groups is 2. The van der Waals surface area contributed by atoms with Gasteiger partial charge in [-0.1, -0.05) is 6.92 Å². The highest BCUT2D eigenvalue weighted by Gasteiger charge is 2.21. The van der Waals surface area contributed by atoms with Crippen molar-refractivity contribution in [2.75, 3.05) is 6.54 Å². The van der Waals surface area contributed by atoms with E-state index < -0.39 is 0 Å². The van der Waals surface area contributed by atoms with Crippen molar-refractivity contribution in [2.45, 2.75) is 32.2 Å². The van der Waals surface area contributed by atoms with Gasteiger partial charge in [0.05, 0.1) is 11.8 Å². The number of hydrogen-bond acceptors (Lipinski definition) is 3. The Morgan fingerprint density at radius 1 is 1.65 bits per heavy atom. The summed E-state index contributed by atoms with van der Waals surface area (Å²) in [5, 5.41) is 5.64. The summed E-state index contributed by atoms with van der Waals surface area (Å²) in [6.07, 6.45) is 3.38. The Labute approximate surface area is 99.6 Å². The first kappa shape index (κ1) is 11.7. The molecule has 0 spiro atoms. The third-order valence-electron chi connectivity index (χ3n) is 2.91. The van der Waals surface area contributed by atoms with E-state index in [4.69, 9.17) is 4.42 Å². The minimum atomic E-state index is -0.128. The minimum Gasteiger partial charge on any atom is -0.469 e. The van der Waals surface area contributed by atoms with E-state index in [1.165, 1.54) is 6.26 Å². The molecule has 1 aliphatic rings. The van der Waals surface area contributed by atoms with Gasteiger partial charge in [-0.15, -0.1) is 0 Å². The Bertz CT molecular complexity index is 415. The van der Waals surface area contributed by atoms with Gasteiger partial charge >= 0.3 is 0 Å². The van der Waals surface area contributed by atoms with E-state index in [2.05, 4.69) is 10.6 Å². The van der Waals surface area contributed by atoms with E-state index in [0.29, 0.717) is 37.1 Å². The molecule has 1 aromatic heterocycles. The van der Waals surface area contributed by atoms with Gasteiger partial charge in [0, 0.05) is 25.4 Å². The molecule has 2 heterocycles. The zero-order valence-corrected chi connectivity index (χ0v) is 9.79. The van der Waals surface area contributed by atoms with Gasteiger partial charge in [0.2, 0.25) is 5.91 Å². The monoisotopic (exact) mass is 236 g/mol. The molecule has 92 valence electrons. The molecule has 1 fully saturated rings. The zero-order chi connectivity index (χ0) is 12.3. The number of furan rings is 1. The molecule has 2 N–H and O–H groups in total. The number of carbonyl (C=O) groups excluding carboxylic acids is 2. The molecule has 0 saturated carbocycles. The molecule has 17 heavy (non-hydrogen) atoms. The Hall–Kier alpha value is -1.78. The first-order valence-corrected chi connectivity index (χ1v) is 5.84. The number of aryl methyl sites for hydroxylation is 1. The van der Waals surface area contributed by atoms with Crippen LogP contribution in [0.15, 0.2) is 16.7 Å². The highest BCUT2D eigenvalue weighted by molar-refractivity contribution is 5.95. The van der Waals surface area contributed by atoms with Crippen molar-refractivity contribution in [1.29, 1.82) is 0 Å². The van der Waals surface area contributed by atoms with Crippen LogP contribution < -0.4 is 10.6 Å². The van der Waals surface area contributed by atoms with Crippen molar-refractivity contribution in [3.63, 3.8) is 0 Å². The Balaban J connectivity index is 1.95. The standard InChI is InChI=1S/C12H16N2O3/c1-2-10-9(5-6-17-10)12(16)14-8-3-4-11(15)13-7-8/h5-6,8H,2-4,7H2,1H3,(H,13,15)(H,14,16). The zero-order valence-electron chi connectivity index (χ0n) is 9.79. The second-order valence-electron chi connectivity index (χ2n) is 4.12. The molecule has 1 aromatic rings. The van der Waals surface area contributed by atoms with Crippen LogP contribution in [0, 0.1) is 0 Å². The SMILES string of the molecule is CCc1occc1C(=O)NC1CCC(=O)NC1. The molecular weight excluding hydrogens is 220 g/mol. The average molecular weight is 236 g/mol. The number of piperidine rings is 1. The van der Waals surface area contributed by atoms with Gasteiger partial charge in [-0.2, -0.15) is 0 Å². The van der Waals surface area contributed by atoms with Crippen LogP contribution >= 0.6 is 0 Å². The fourth-order valence-electron chi connectivity index (χ4n) is 1.94. The molecule has 1 aliphatic heterocycles. The number of amides is 2. The summed E-state index contributed by atoms with van der Waals surface area (Å²) in [7, 11) is 0. The first-order valence-electron chi connectivity index (χ1n) is 5.84. The van der Waals surface area contributed by atoms with E-state index in [1.807, 2.05) is 6.92 Å². The smallest absolute Gasteiger partial charge is 0.255 e.